The maximum Gasteiger partial charge on any atom is 0.241 e. The molecule has 1 unspecified atom stereocenters. The average molecular weight is 415 g/mol. The Bertz CT molecular complexity index is 968. The summed E-state index contributed by atoms with van der Waals surface area (Å²) in [4.78, 5) is 17.5. The Morgan fingerprint density at radius 3 is 2.65 bits per heavy atom. The van der Waals surface area contributed by atoms with E-state index in [1.807, 2.05) is 34.3 Å². The van der Waals surface area contributed by atoms with Crippen molar-refractivity contribution >= 4 is 50.1 Å². The molecule has 0 fully saturated rings. The molecule has 2 heterocycles. The number of anilines is 1. The van der Waals surface area contributed by atoms with Crippen LogP contribution in [0.2, 0.25) is 0 Å². The van der Waals surface area contributed by atoms with Crippen molar-refractivity contribution in [1.29, 1.82) is 0 Å². The van der Waals surface area contributed by atoms with Crippen LogP contribution in [-0.2, 0) is 14.6 Å². The van der Waals surface area contributed by atoms with Crippen LogP contribution in [0.25, 0.3) is 16.2 Å². The second-order valence-electron chi connectivity index (χ2n) is 5.81. The van der Waals surface area contributed by atoms with Gasteiger partial charge in [0.15, 0.2) is 4.96 Å². The van der Waals surface area contributed by atoms with Gasteiger partial charge < -0.3 is 11.1 Å². The number of carbonyl (C=O) groups is 1. The number of halogens is 1. The number of carbonyl (C=O) groups excluding carboxylic acids is 1. The first-order valence-corrected chi connectivity index (χ1v) is 10.5. The molecule has 0 radical (unpaired) electrons. The van der Waals surface area contributed by atoms with E-state index in [1.165, 1.54) is 0 Å². The van der Waals surface area contributed by atoms with Crippen LogP contribution in [-0.4, -0.2) is 41.8 Å². The molecule has 0 aliphatic rings. The molecular formula is C16H19ClN4O3S2. The number of rotatable bonds is 6. The Morgan fingerprint density at radius 1 is 1.35 bits per heavy atom. The third-order valence-electron chi connectivity index (χ3n) is 3.68. The van der Waals surface area contributed by atoms with E-state index >= 15 is 0 Å². The van der Waals surface area contributed by atoms with Gasteiger partial charge >= 0.3 is 0 Å². The van der Waals surface area contributed by atoms with Crippen molar-refractivity contribution < 1.29 is 13.2 Å². The molecule has 2 aromatic heterocycles. The molecule has 140 valence electrons. The molecule has 7 nitrogen and oxygen atoms in total. The minimum absolute atomic E-state index is 0. The van der Waals surface area contributed by atoms with Crippen molar-refractivity contribution in [2.45, 2.75) is 12.5 Å². The van der Waals surface area contributed by atoms with Gasteiger partial charge in [-0.3, -0.25) is 9.20 Å². The van der Waals surface area contributed by atoms with Crippen LogP contribution < -0.4 is 11.1 Å². The molecule has 1 amide bonds. The maximum atomic E-state index is 12.0. The predicted molar refractivity (Wildman–Crippen MR) is 107 cm³/mol. The van der Waals surface area contributed by atoms with Gasteiger partial charge in [0.2, 0.25) is 5.91 Å². The van der Waals surface area contributed by atoms with E-state index in [-0.39, 0.29) is 24.6 Å². The molecule has 0 saturated carbocycles. The highest BCUT2D eigenvalue weighted by molar-refractivity contribution is 7.90. The van der Waals surface area contributed by atoms with Gasteiger partial charge in [-0.15, -0.1) is 23.7 Å². The van der Waals surface area contributed by atoms with E-state index in [2.05, 4.69) is 10.3 Å². The van der Waals surface area contributed by atoms with Crippen molar-refractivity contribution in [3.8, 4) is 11.3 Å². The number of thiazole rings is 1. The number of sulfone groups is 1. The van der Waals surface area contributed by atoms with Gasteiger partial charge in [-0.1, -0.05) is 12.1 Å². The second kappa shape index (κ2) is 8.17. The molecule has 3 aromatic rings. The van der Waals surface area contributed by atoms with Crippen LogP contribution in [0.15, 0.2) is 42.0 Å². The molecule has 0 saturated heterocycles. The Hall–Kier alpha value is -1.94. The van der Waals surface area contributed by atoms with Gasteiger partial charge in [0.25, 0.3) is 0 Å². The van der Waals surface area contributed by atoms with Gasteiger partial charge in [0.1, 0.15) is 9.84 Å². The molecule has 0 aliphatic heterocycles. The fourth-order valence-electron chi connectivity index (χ4n) is 2.30. The van der Waals surface area contributed by atoms with Crippen molar-refractivity contribution in [2.75, 3.05) is 17.3 Å². The van der Waals surface area contributed by atoms with E-state index in [0.29, 0.717) is 5.69 Å². The van der Waals surface area contributed by atoms with Gasteiger partial charge in [-0.2, -0.15) is 0 Å². The van der Waals surface area contributed by atoms with E-state index < -0.39 is 21.8 Å². The third kappa shape index (κ3) is 5.04. The van der Waals surface area contributed by atoms with Crippen molar-refractivity contribution in [3.05, 3.63) is 42.0 Å². The maximum absolute atomic E-state index is 12.0. The number of fused-ring (bicyclic) bond motifs is 1. The lowest BCUT2D eigenvalue weighted by Gasteiger charge is -2.12. The summed E-state index contributed by atoms with van der Waals surface area (Å²) in [5.74, 6) is -0.517. The minimum atomic E-state index is -3.14. The number of amides is 1. The smallest absolute Gasteiger partial charge is 0.241 e. The molecule has 26 heavy (non-hydrogen) atoms. The zero-order valence-corrected chi connectivity index (χ0v) is 16.4. The average Bonchev–Trinajstić information content (AvgIpc) is 3.14. The second-order valence-corrected chi connectivity index (χ2v) is 8.94. The first kappa shape index (κ1) is 20.4. The Morgan fingerprint density at radius 2 is 2.04 bits per heavy atom. The SMILES string of the molecule is CS(=O)(=O)CCC(N)C(=O)Nc1ccc(-c2cn3ccsc3n2)cc1.Cl. The van der Waals surface area contributed by atoms with Crippen molar-refractivity contribution in [1.82, 2.24) is 9.38 Å². The van der Waals surface area contributed by atoms with Gasteiger partial charge in [0, 0.05) is 35.3 Å². The summed E-state index contributed by atoms with van der Waals surface area (Å²) >= 11 is 1.56. The summed E-state index contributed by atoms with van der Waals surface area (Å²) in [5.41, 5.74) is 8.13. The third-order valence-corrected chi connectivity index (χ3v) is 5.43. The van der Waals surface area contributed by atoms with E-state index in [0.717, 1.165) is 22.5 Å². The summed E-state index contributed by atoms with van der Waals surface area (Å²) in [5, 5.41) is 4.67. The standard InChI is InChI=1S/C16H18N4O3S2.ClH/c1-25(22,23)9-6-13(17)15(21)18-12-4-2-11(3-5-12)14-10-20-7-8-24-16(20)19-14;/h2-5,7-8,10,13H,6,9,17H2,1H3,(H,18,21);1H. The van der Waals surface area contributed by atoms with E-state index in [1.54, 1.807) is 23.5 Å². The van der Waals surface area contributed by atoms with Crippen LogP contribution in [0.3, 0.4) is 0 Å². The van der Waals surface area contributed by atoms with Crippen LogP contribution in [0.1, 0.15) is 6.42 Å². The number of aromatic nitrogens is 2. The summed E-state index contributed by atoms with van der Waals surface area (Å²) < 4.78 is 24.2. The number of nitrogens with one attached hydrogen (secondary N) is 1. The van der Waals surface area contributed by atoms with Gasteiger partial charge in [0.05, 0.1) is 17.5 Å². The monoisotopic (exact) mass is 414 g/mol. The summed E-state index contributed by atoms with van der Waals surface area (Å²) in [6.07, 6.45) is 5.11. The Balaban J connectivity index is 0.00000243. The largest absolute Gasteiger partial charge is 0.325 e. The van der Waals surface area contributed by atoms with Crippen LogP contribution in [0, 0.1) is 0 Å². The highest BCUT2D eigenvalue weighted by atomic mass is 35.5. The first-order chi connectivity index (χ1) is 11.8. The first-order valence-electron chi connectivity index (χ1n) is 7.59. The normalized spacial score (nSPS) is 12.5. The zero-order valence-electron chi connectivity index (χ0n) is 14.0. The highest BCUT2D eigenvalue weighted by Gasteiger charge is 2.16. The molecule has 1 aromatic carbocycles. The number of nitrogens with zero attached hydrogens (tertiary/aromatic N) is 2. The molecule has 3 N–H and O–H groups in total. The predicted octanol–water partition coefficient (Wildman–Crippen LogP) is 2.19. The van der Waals surface area contributed by atoms with Crippen molar-refractivity contribution in [2.24, 2.45) is 5.73 Å². The topological polar surface area (TPSA) is 107 Å². The Kier molecular flexibility index (Phi) is 6.40. The minimum Gasteiger partial charge on any atom is -0.325 e. The summed E-state index contributed by atoms with van der Waals surface area (Å²) in [6, 6.07) is 6.40. The number of hydrogen-bond donors (Lipinski definition) is 2. The highest BCUT2D eigenvalue weighted by Crippen LogP contribution is 2.23. The molecule has 0 bridgehead atoms. The summed E-state index contributed by atoms with van der Waals surface area (Å²) in [6.45, 7) is 0. The fourth-order valence-corrected chi connectivity index (χ4v) is 3.68. The molecule has 0 aliphatic carbocycles. The molecular weight excluding hydrogens is 396 g/mol. The van der Waals surface area contributed by atoms with E-state index in [4.69, 9.17) is 5.73 Å². The molecule has 10 heteroatoms. The van der Waals surface area contributed by atoms with Gasteiger partial charge in [-0.05, 0) is 18.6 Å². The molecule has 1 atom stereocenters. The Labute approximate surface area is 161 Å². The number of imidazole rings is 1. The quantitative estimate of drug-likeness (QED) is 0.642. The van der Waals surface area contributed by atoms with Crippen LogP contribution in [0.4, 0.5) is 5.69 Å². The number of hydrogen-bond acceptors (Lipinski definition) is 6. The molecule has 0 spiro atoms. The lowest BCUT2D eigenvalue weighted by molar-refractivity contribution is -0.117. The van der Waals surface area contributed by atoms with Gasteiger partial charge in [-0.25, -0.2) is 13.4 Å². The molecule has 3 rings (SSSR count). The lowest BCUT2D eigenvalue weighted by atomic mass is 10.1. The number of benzene rings is 1. The zero-order chi connectivity index (χ0) is 18.0. The lowest BCUT2D eigenvalue weighted by Crippen LogP contribution is -2.37. The number of nitrogens with two attached hydrogens (primary N) is 1. The fraction of sp³-hybridized carbons (Fsp3) is 0.250. The van der Waals surface area contributed by atoms with E-state index in [9.17, 15) is 13.2 Å². The van der Waals surface area contributed by atoms with Crippen molar-refractivity contribution in [3.63, 3.8) is 0 Å². The summed E-state index contributed by atoms with van der Waals surface area (Å²) in [7, 11) is -3.14. The van der Waals surface area contributed by atoms with Crippen LogP contribution >= 0.6 is 23.7 Å². The van der Waals surface area contributed by atoms with Crippen LogP contribution in [0.5, 0.6) is 0 Å².